The Morgan fingerprint density at radius 2 is 2.37 bits per heavy atom. The molecule has 2 N–H and O–H groups in total. The molecule has 0 amide bonds. The molecule has 1 fully saturated rings. The summed E-state index contributed by atoms with van der Waals surface area (Å²) >= 11 is 1.88. The van der Waals surface area contributed by atoms with Crippen molar-refractivity contribution in [2.24, 2.45) is 0 Å². The van der Waals surface area contributed by atoms with Gasteiger partial charge in [0.1, 0.15) is 0 Å². The van der Waals surface area contributed by atoms with Crippen molar-refractivity contribution in [2.45, 2.75) is 17.6 Å². The second-order valence-electron chi connectivity index (χ2n) is 4.78. The van der Waals surface area contributed by atoms with E-state index in [4.69, 9.17) is 0 Å². The Bertz CT molecular complexity index is 636. The average Bonchev–Trinajstić information content (AvgIpc) is 3.07. The van der Waals surface area contributed by atoms with E-state index in [-0.39, 0.29) is 5.69 Å². The van der Waals surface area contributed by atoms with Gasteiger partial charge in [0.15, 0.2) is 0 Å². The maximum absolute atomic E-state index is 10.7. The number of nitrogens with zero attached hydrogens (tertiary/aromatic N) is 2. The average molecular weight is 278 g/mol. The van der Waals surface area contributed by atoms with Gasteiger partial charge in [0.25, 0.3) is 5.69 Å². The third-order valence-corrected chi connectivity index (χ3v) is 4.91. The lowest BCUT2D eigenvalue weighted by Crippen LogP contribution is -2.17. The third-order valence-electron chi connectivity index (χ3n) is 3.49. The number of aromatic amines is 1. The van der Waals surface area contributed by atoms with Crippen LogP contribution in [0.4, 0.5) is 11.6 Å². The second kappa shape index (κ2) is 4.41. The molecule has 0 unspecified atom stereocenters. The molecular weight excluding hydrogens is 264 g/mol. The molecule has 0 spiro atoms. The number of aromatic nitrogens is 2. The minimum absolute atomic E-state index is 0.0745. The number of H-pyrrole nitrogens is 1. The maximum Gasteiger partial charge on any atom is 0.271 e. The monoisotopic (exact) mass is 278 g/mol. The van der Waals surface area contributed by atoms with Gasteiger partial charge in [-0.15, -0.1) is 0 Å². The third kappa shape index (κ3) is 2.37. The van der Waals surface area contributed by atoms with Crippen LogP contribution < -0.4 is 5.32 Å². The minimum atomic E-state index is -0.402. The lowest BCUT2D eigenvalue weighted by molar-refractivity contribution is -0.384. The van der Waals surface area contributed by atoms with Crippen LogP contribution >= 0.6 is 11.8 Å². The van der Waals surface area contributed by atoms with Gasteiger partial charge < -0.3 is 10.3 Å². The van der Waals surface area contributed by atoms with Crippen molar-refractivity contribution >= 4 is 34.4 Å². The molecular formula is C12H14N4O2S. The molecule has 0 atom stereocenters. The summed E-state index contributed by atoms with van der Waals surface area (Å²) in [4.78, 5) is 17.8. The molecule has 1 aliphatic rings. The summed E-state index contributed by atoms with van der Waals surface area (Å²) in [6.07, 6.45) is 4.58. The van der Waals surface area contributed by atoms with Crippen LogP contribution in [-0.2, 0) is 0 Å². The first-order valence-electron chi connectivity index (χ1n) is 6.05. The molecule has 1 aromatic heterocycles. The first-order valence-corrected chi connectivity index (χ1v) is 7.28. The Kier molecular flexibility index (Phi) is 2.85. The standard InChI is InChI=1S/C12H14N4O2S/c1-19-12(4-5-12)7-13-11-14-9-3-2-8(16(17)18)6-10(9)15-11/h2-3,6H,4-5,7H2,1H3,(H2,13,14,15). The number of hydrogen-bond donors (Lipinski definition) is 2. The van der Waals surface area contributed by atoms with Crippen LogP contribution in [0.2, 0.25) is 0 Å². The van der Waals surface area contributed by atoms with Crippen molar-refractivity contribution in [1.82, 2.24) is 9.97 Å². The van der Waals surface area contributed by atoms with Crippen LogP contribution in [0.15, 0.2) is 18.2 Å². The van der Waals surface area contributed by atoms with Crippen LogP contribution in [0.3, 0.4) is 0 Å². The normalized spacial score (nSPS) is 16.5. The number of hydrogen-bond acceptors (Lipinski definition) is 5. The first kappa shape index (κ1) is 12.3. The molecule has 1 heterocycles. The van der Waals surface area contributed by atoms with Gasteiger partial charge in [-0.05, 0) is 25.2 Å². The van der Waals surface area contributed by atoms with Gasteiger partial charge >= 0.3 is 0 Å². The zero-order valence-electron chi connectivity index (χ0n) is 10.5. The number of anilines is 1. The van der Waals surface area contributed by atoms with E-state index in [1.165, 1.54) is 25.0 Å². The summed E-state index contributed by atoms with van der Waals surface area (Å²) in [7, 11) is 0. The summed E-state index contributed by atoms with van der Waals surface area (Å²) < 4.78 is 0.352. The minimum Gasteiger partial charge on any atom is -0.354 e. The van der Waals surface area contributed by atoms with E-state index in [0.29, 0.717) is 16.2 Å². The van der Waals surface area contributed by atoms with Crippen LogP contribution in [0, 0.1) is 10.1 Å². The van der Waals surface area contributed by atoms with Crippen LogP contribution in [0.5, 0.6) is 0 Å². The Hall–Kier alpha value is -1.76. The Labute approximate surface area is 114 Å². The smallest absolute Gasteiger partial charge is 0.271 e. The largest absolute Gasteiger partial charge is 0.354 e. The number of nitro groups is 1. The van der Waals surface area contributed by atoms with E-state index in [9.17, 15) is 10.1 Å². The Balaban J connectivity index is 1.79. The van der Waals surface area contributed by atoms with Crippen LogP contribution in [0.25, 0.3) is 11.0 Å². The molecule has 0 bridgehead atoms. The lowest BCUT2D eigenvalue weighted by Gasteiger charge is -2.11. The topological polar surface area (TPSA) is 83.8 Å². The number of thioether (sulfide) groups is 1. The SMILES string of the molecule is CSC1(CNc2nc3ccc([N+](=O)[O-])cc3[nH]2)CC1. The van der Waals surface area contributed by atoms with E-state index in [2.05, 4.69) is 21.5 Å². The van der Waals surface area contributed by atoms with Crippen molar-refractivity contribution in [3.8, 4) is 0 Å². The maximum atomic E-state index is 10.7. The molecule has 1 aliphatic carbocycles. The molecule has 0 aliphatic heterocycles. The quantitative estimate of drug-likeness (QED) is 0.649. The van der Waals surface area contributed by atoms with Gasteiger partial charge in [-0.3, -0.25) is 10.1 Å². The van der Waals surface area contributed by atoms with Gasteiger partial charge in [0, 0.05) is 23.4 Å². The van der Waals surface area contributed by atoms with Crippen molar-refractivity contribution in [3.05, 3.63) is 28.3 Å². The first-order chi connectivity index (χ1) is 9.12. The predicted molar refractivity (Wildman–Crippen MR) is 76.7 cm³/mol. The molecule has 1 saturated carbocycles. The van der Waals surface area contributed by atoms with Gasteiger partial charge in [-0.25, -0.2) is 4.98 Å². The fourth-order valence-electron chi connectivity index (χ4n) is 2.03. The van der Waals surface area contributed by atoms with Crippen molar-refractivity contribution in [1.29, 1.82) is 0 Å². The number of rotatable bonds is 5. The van der Waals surface area contributed by atoms with E-state index >= 15 is 0 Å². The highest BCUT2D eigenvalue weighted by atomic mass is 32.2. The molecule has 0 radical (unpaired) electrons. The van der Waals surface area contributed by atoms with E-state index in [1.54, 1.807) is 6.07 Å². The van der Waals surface area contributed by atoms with E-state index in [1.807, 2.05) is 11.8 Å². The lowest BCUT2D eigenvalue weighted by atomic mass is 10.3. The van der Waals surface area contributed by atoms with E-state index in [0.717, 1.165) is 12.1 Å². The fraction of sp³-hybridized carbons (Fsp3) is 0.417. The van der Waals surface area contributed by atoms with Crippen molar-refractivity contribution in [2.75, 3.05) is 18.1 Å². The number of benzene rings is 1. The number of fused-ring (bicyclic) bond motifs is 1. The Morgan fingerprint density at radius 1 is 1.58 bits per heavy atom. The van der Waals surface area contributed by atoms with Gasteiger partial charge in [0.05, 0.1) is 16.0 Å². The van der Waals surface area contributed by atoms with Gasteiger partial charge in [0.2, 0.25) is 5.95 Å². The Morgan fingerprint density at radius 3 is 3.00 bits per heavy atom. The van der Waals surface area contributed by atoms with Crippen molar-refractivity contribution < 1.29 is 4.92 Å². The molecule has 6 nitrogen and oxygen atoms in total. The molecule has 7 heteroatoms. The van der Waals surface area contributed by atoms with Crippen LogP contribution in [-0.4, -0.2) is 32.4 Å². The van der Waals surface area contributed by atoms with Crippen LogP contribution in [0.1, 0.15) is 12.8 Å². The zero-order chi connectivity index (χ0) is 13.5. The highest BCUT2D eigenvalue weighted by Gasteiger charge is 2.41. The number of nitrogens with one attached hydrogen (secondary N) is 2. The molecule has 2 aromatic rings. The summed E-state index contributed by atoms with van der Waals surface area (Å²) in [5.74, 6) is 0.677. The van der Waals surface area contributed by atoms with E-state index < -0.39 is 4.92 Å². The molecule has 3 rings (SSSR count). The molecule has 1 aromatic carbocycles. The molecule has 100 valence electrons. The summed E-state index contributed by atoms with van der Waals surface area (Å²) in [6.45, 7) is 0.871. The highest BCUT2D eigenvalue weighted by molar-refractivity contribution is 8.00. The number of non-ortho nitro benzene ring substituents is 1. The highest BCUT2D eigenvalue weighted by Crippen LogP contribution is 2.46. The number of imidazole rings is 1. The summed E-state index contributed by atoms with van der Waals surface area (Å²) in [5.41, 5.74) is 1.50. The zero-order valence-corrected chi connectivity index (χ0v) is 11.3. The number of nitro benzene ring substituents is 1. The fourth-order valence-corrected chi connectivity index (χ4v) is 2.76. The summed E-state index contributed by atoms with van der Waals surface area (Å²) in [6, 6.07) is 4.64. The predicted octanol–water partition coefficient (Wildman–Crippen LogP) is 2.78. The van der Waals surface area contributed by atoms with Gasteiger partial charge in [-0.1, -0.05) is 0 Å². The molecule has 19 heavy (non-hydrogen) atoms. The molecule has 0 saturated heterocycles. The summed E-state index contributed by atoms with van der Waals surface area (Å²) in [5, 5.41) is 14.0. The van der Waals surface area contributed by atoms with Crippen molar-refractivity contribution in [3.63, 3.8) is 0 Å². The van der Waals surface area contributed by atoms with Gasteiger partial charge in [-0.2, -0.15) is 11.8 Å². The second-order valence-corrected chi connectivity index (χ2v) is 6.06.